The molecule has 1 saturated heterocycles. The molecular weight excluding hydrogens is 477 g/mol. The summed E-state index contributed by atoms with van der Waals surface area (Å²) in [6, 6.07) is 10.6. The lowest BCUT2D eigenvalue weighted by atomic mass is 10.0. The highest BCUT2D eigenvalue weighted by Gasteiger charge is 2.39. The minimum absolute atomic E-state index is 0.0236. The van der Waals surface area contributed by atoms with E-state index in [-0.39, 0.29) is 54.3 Å². The van der Waals surface area contributed by atoms with E-state index < -0.39 is 18.2 Å². The molecule has 11 heteroatoms. The van der Waals surface area contributed by atoms with Crippen molar-refractivity contribution < 1.29 is 24.1 Å². The molecule has 0 bridgehead atoms. The number of halogens is 1. The fourth-order valence-electron chi connectivity index (χ4n) is 4.25. The van der Waals surface area contributed by atoms with Gasteiger partial charge in [-0.3, -0.25) is 15.0 Å². The second-order valence-corrected chi connectivity index (χ2v) is 9.41. The van der Waals surface area contributed by atoms with Crippen molar-refractivity contribution in [2.75, 3.05) is 18.4 Å². The highest BCUT2D eigenvalue weighted by atomic mass is 19.1. The number of nitriles is 1. The van der Waals surface area contributed by atoms with Gasteiger partial charge in [0.15, 0.2) is 6.17 Å². The first-order valence-corrected chi connectivity index (χ1v) is 12.0. The Kier molecular flexibility index (Phi) is 7.47. The van der Waals surface area contributed by atoms with Gasteiger partial charge >= 0.3 is 11.7 Å². The molecule has 0 spiro atoms. The molecule has 2 unspecified atom stereocenters. The molecule has 1 saturated carbocycles. The lowest BCUT2D eigenvalue weighted by Gasteiger charge is -2.33. The molecule has 5 N–H and O–H groups in total. The number of hydrogen-bond acceptors (Lipinski definition) is 5. The summed E-state index contributed by atoms with van der Waals surface area (Å²) in [5.74, 6) is 0.295. The Bertz CT molecular complexity index is 1300. The molecule has 37 heavy (non-hydrogen) atoms. The van der Waals surface area contributed by atoms with E-state index >= 15 is 0 Å². The third-order valence-electron chi connectivity index (χ3n) is 6.45. The number of nitrogens with two attached hydrogens (primary N) is 2. The Balaban J connectivity index is 1.43. The Labute approximate surface area is 213 Å². The molecule has 10 nitrogen and oxygen atoms in total. The van der Waals surface area contributed by atoms with Crippen molar-refractivity contribution in [1.29, 1.82) is 5.26 Å². The van der Waals surface area contributed by atoms with Gasteiger partial charge in [0.05, 0.1) is 12.1 Å². The Hall–Kier alpha value is -4.33. The molecule has 1 aliphatic heterocycles. The number of amidine groups is 2. The zero-order valence-corrected chi connectivity index (χ0v) is 20.6. The summed E-state index contributed by atoms with van der Waals surface area (Å²) in [6.07, 6.45) is 0.356. The number of anilines is 1. The van der Waals surface area contributed by atoms with Gasteiger partial charge in [-0.05, 0) is 52.7 Å². The van der Waals surface area contributed by atoms with Crippen LogP contribution < -0.4 is 21.2 Å². The summed E-state index contributed by atoms with van der Waals surface area (Å²) >= 11 is 0. The van der Waals surface area contributed by atoms with Crippen molar-refractivity contribution in [1.82, 2.24) is 9.88 Å². The molecule has 2 amide bonds. The average molecular weight is 507 g/mol. The topological polar surface area (TPSA) is 159 Å². The van der Waals surface area contributed by atoms with Gasteiger partial charge in [-0.2, -0.15) is 5.26 Å². The molecular formula is C26H29FN7O3+. The number of aromatic nitrogens is 1. The van der Waals surface area contributed by atoms with Gasteiger partial charge in [-0.25, -0.2) is 9.37 Å². The number of hydrogen-bond donors (Lipinski definition) is 3. The van der Waals surface area contributed by atoms with Crippen LogP contribution in [-0.2, 0) is 9.59 Å². The van der Waals surface area contributed by atoms with Crippen LogP contribution in [-0.4, -0.2) is 58.7 Å². The minimum Gasteiger partial charge on any atom is -0.486 e. The first kappa shape index (κ1) is 25.8. The molecule has 1 aliphatic carbocycles. The number of carbonyl (C=O) groups is 2. The van der Waals surface area contributed by atoms with E-state index in [1.165, 1.54) is 11.8 Å². The van der Waals surface area contributed by atoms with Crippen LogP contribution in [0.25, 0.3) is 11.1 Å². The number of aliphatic imine (C=N–C) groups is 1. The highest BCUT2D eigenvalue weighted by molar-refractivity contribution is 6.37. The standard InChI is InChI=1S/C26H28FN7O3/c1-14-9-19(14)25(35)33-23-11-17(5-7-31-23)16-3-4-21(18(10-16)12-28)37-22-6-8-34(13-20(22)27)26(36)24(30)32-15(2)29/h3-5,7,10-11,14,19-20,22H,6,8-9,13H2,1-2H3,(H3,29,30,32)(H,31,33,35)/p+1/t14?,19?,20-,22+/m1/s1. The maximum Gasteiger partial charge on any atom is 0.381 e. The summed E-state index contributed by atoms with van der Waals surface area (Å²) < 4.78 is 20.8. The Morgan fingerprint density at radius 1 is 1.32 bits per heavy atom. The van der Waals surface area contributed by atoms with Crippen LogP contribution in [0.15, 0.2) is 41.5 Å². The molecule has 4 atom stereocenters. The van der Waals surface area contributed by atoms with Crippen LogP contribution in [0.2, 0.25) is 0 Å². The van der Waals surface area contributed by atoms with E-state index in [0.717, 1.165) is 17.5 Å². The number of benzene rings is 1. The highest BCUT2D eigenvalue weighted by Crippen LogP contribution is 2.38. The van der Waals surface area contributed by atoms with Crippen LogP contribution >= 0.6 is 0 Å². The molecule has 1 aromatic heterocycles. The van der Waals surface area contributed by atoms with Crippen molar-refractivity contribution in [3.63, 3.8) is 0 Å². The number of pyridine rings is 1. The van der Waals surface area contributed by atoms with Gasteiger partial charge in [0.2, 0.25) is 11.7 Å². The number of nitrogens with one attached hydrogen (secondary N) is 1. The smallest absolute Gasteiger partial charge is 0.381 e. The van der Waals surface area contributed by atoms with Gasteiger partial charge in [0.1, 0.15) is 23.7 Å². The molecule has 2 aliphatic rings. The van der Waals surface area contributed by atoms with Crippen molar-refractivity contribution in [3.05, 3.63) is 42.1 Å². The van der Waals surface area contributed by atoms with E-state index in [0.29, 0.717) is 11.7 Å². The third-order valence-corrected chi connectivity index (χ3v) is 6.45. The number of piperidine rings is 1. The fourth-order valence-corrected chi connectivity index (χ4v) is 4.25. The number of carbonyl (C=O) groups excluding carboxylic acids is 2. The SMILES string of the molecule is CC(N)=NC(=[NH2+])C(=O)N1CC[C@H](Oc2ccc(-c3ccnc(NC(=O)C4CC4C)c3)cc2C#N)[C@H](F)C1. The van der Waals surface area contributed by atoms with Gasteiger partial charge in [-0.15, -0.1) is 0 Å². The van der Waals surface area contributed by atoms with E-state index in [4.69, 9.17) is 15.9 Å². The first-order chi connectivity index (χ1) is 17.7. The molecule has 0 radical (unpaired) electrons. The zero-order chi connectivity index (χ0) is 26.7. The molecule has 1 aromatic carbocycles. The quantitative estimate of drug-likeness (QED) is 0.406. The van der Waals surface area contributed by atoms with Crippen molar-refractivity contribution >= 4 is 29.3 Å². The van der Waals surface area contributed by atoms with Crippen LogP contribution in [0.4, 0.5) is 10.2 Å². The fraction of sp³-hybridized carbons (Fsp3) is 0.385. The molecule has 2 heterocycles. The lowest BCUT2D eigenvalue weighted by Crippen LogP contribution is -2.56. The number of likely N-dealkylation sites (tertiary alicyclic amines) is 1. The van der Waals surface area contributed by atoms with Crippen LogP contribution in [0.1, 0.15) is 32.3 Å². The Morgan fingerprint density at radius 3 is 2.70 bits per heavy atom. The van der Waals surface area contributed by atoms with Gasteiger partial charge in [0, 0.05) is 32.0 Å². The third kappa shape index (κ3) is 6.09. The number of amides is 2. The van der Waals surface area contributed by atoms with Gasteiger partial charge in [-0.1, -0.05) is 13.0 Å². The summed E-state index contributed by atoms with van der Waals surface area (Å²) in [5, 5.41) is 18.2. The molecule has 2 fully saturated rings. The summed E-state index contributed by atoms with van der Waals surface area (Å²) in [6.45, 7) is 3.53. The maximum absolute atomic E-state index is 14.9. The van der Waals surface area contributed by atoms with E-state index in [1.54, 1.807) is 36.5 Å². The van der Waals surface area contributed by atoms with Crippen LogP contribution in [0.5, 0.6) is 5.75 Å². The van der Waals surface area contributed by atoms with Crippen LogP contribution in [0.3, 0.4) is 0 Å². The molecule has 2 aromatic rings. The predicted octanol–water partition coefficient (Wildman–Crippen LogP) is 1.07. The number of rotatable bonds is 5. The first-order valence-electron chi connectivity index (χ1n) is 12.0. The Morgan fingerprint density at radius 2 is 2.05 bits per heavy atom. The average Bonchev–Trinajstić information content (AvgIpc) is 3.61. The summed E-state index contributed by atoms with van der Waals surface area (Å²) in [5.41, 5.74) is 7.18. The van der Waals surface area contributed by atoms with Crippen LogP contribution in [0, 0.1) is 23.2 Å². The van der Waals surface area contributed by atoms with E-state index in [9.17, 15) is 19.2 Å². The normalized spacial score (nSPS) is 23.1. The van der Waals surface area contributed by atoms with Gasteiger partial charge in [0.25, 0.3) is 0 Å². The molecule has 192 valence electrons. The monoisotopic (exact) mass is 506 g/mol. The summed E-state index contributed by atoms with van der Waals surface area (Å²) in [7, 11) is 0. The lowest BCUT2D eigenvalue weighted by molar-refractivity contribution is -0.146. The van der Waals surface area contributed by atoms with E-state index in [2.05, 4.69) is 21.4 Å². The van der Waals surface area contributed by atoms with Crippen molar-refractivity contribution in [2.45, 2.75) is 39.0 Å². The maximum atomic E-state index is 14.9. The van der Waals surface area contributed by atoms with Crippen molar-refractivity contribution in [3.8, 4) is 22.9 Å². The predicted molar refractivity (Wildman–Crippen MR) is 135 cm³/mol. The second-order valence-electron chi connectivity index (χ2n) is 9.41. The number of nitrogens with zero attached hydrogens (tertiary/aromatic N) is 4. The number of ether oxygens (including phenoxy) is 1. The minimum atomic E-state index is -1.49. The summed E-state index contributed by atoms with van der Waals surface area (Å²) in [4.78, 5) is 33.8. The second kappa shape index (κ2) is 10.7. The zero-order valence-electron chi connectivity index (χ0n) is 20.6. The van der Waals surface area contributed by atoms with Crippen molar-refractivity contribution in [2.24, 2.45) is 22.6 Å². The largest absolute Gasteiger partial charge is 0.486 e. The van der Waals surface area contributed by atoms with E-state index in [1.807, 2.05) is 6.92 Å². The molecule has 4 rings (SSSR count). The van der Waals surface area contributed by atoms with Gasteiger partial charge < -0.3 is 20.7 Å². The number of alkyl halides is 1.